The maximum atomic E-state index is 12.6. The maximum absolute atomic E-state index is 12.6. The summed E-state index contributed by atoms with van der Waals surface area (Å²) in [6.45, 7) is 2.66. The van der Waals surface area contributed by atoms with Gasteiger partial charge in [-0.15, -0.1) is 0 Å². The van der Waals surface area contributed by atoms with Gasteiger partial charge in [-0.1, -0.05) is 23.2 Å². The molecule has 3 amide bonds. The van der Waals surface area contributed by atoms with Gasteiger partial charge in [0.2, 0.25) is 16.4 Å². The molecule has 0 aromatic heterocycles. The molecule has 4 N–H and O–H groups in total. The monoisotopic (exact) mass is 630 g/mol. The standard InChI is InChI=1S/C27H36Cl2N4O7S/c28-20-17-24-23(25(29)18-20)7-8-26(24)40-21-3-5-22(6-4-21)41(36,37)33-12-14-39-16-15-38-13-11-32-27(35)31-10-2-1-9-30-19-34/h3-6,17-19,26,33H,1-2,7-16H2,(H,30,34)(H2,31,32,35)/t26-/m1/s1. The molecule has 226 valence electrons. The van der Waals surface area contributed by atoms with Gasteiger partial charge >= 0.3 is 6.03 Å². The number of nitrogens with one attached hydrogen (secondary N) is 4. The van der Waals surface area contributed by atoms with Crippen LogP contribution in [0.1, 0.15) is 36.5 Å². The first-order chi connectivity index (χ1) is 19.8. The van der Waals surface area contributed by atoms with E-state index in [1.165, 1.54) is 12.1 Å². The van der Waals surface area contributed by atoms with Crippen LogP contribution >= 0.6 is 23.2 Å². The lowest BCUT2D eigenvalue weighted by Gasteiger charge is -2.16. The van der Waals surface area contributed by atoms with Crippen LogP contribution in [-0.4, -0.2) is 73.5 Å². The Labute approximate surface area is 250 Å². The largest absolute Gasteiger partial charge is 0.486 e. The Morgan fingerprint density at radius 2 is 1.61 bits per heavy atom. The van der Waals surface area contributed by atoms with Crippen LogP contribution in [0.5, 0.6) is 5.75 Å². The third kappa shape index (κ3) is 11.3. The molecule has 11 nitrogen and oxygen atoms in total. The summed E-state index contributed by atoms with van der Waals surface area (Å²) in [5, 5.41) is 9.13. The summed E-state index contributed by atoms with van der Waals surface area (Å²) in [5.74, 6) is 0.553. The van der Waals surface area contributed by atoms with Gasteiger partial charge in [0.1, 0.15) is 11.9 Å². The molecule has 0 spiro atoms. The van der Waals surface area contributed by atoms with Gasteiger partial charge in [-0.3, -0.25) is 4.79 Å². The highest BCUT2D eigenvalue weighted by Gasteiger charge is 2.27. The van der Waals surface area contributed by atoms with Crippen LogP contribution in [0.25, 0.3) is 0 Å². The van der Waals surface area contributed by atoms with Crippen molar-refractivity contribution in [3.8, 4) is 5.75 Å². The zero-order chi connectivity index (χ0) is 29.5. The van der Waals surface area contributed by atoms with Crippen molar-refractivity contribution >= 4 is 45.7 Å². The lowest BCUT2D eigenvalue weighted by molar-refractivity contribution is -0.109. The molecule has 1 aliphatic rings. The van der Waals surface area contributed by atoms with E-state index in [1.807, 2.05) is 6.07 Å². The molecule has 1 aliphatic carbocycles. The zero-order valence-corrected chi connectivity index (χ0v) is 25.0. The topological polar surface area (TPSA) is 144 Å². The number of carbonyl (C=O) groups excluding carboxylic acids is 2. The number of amides is 3. The van der Waals surface area contributed by atoms with Crippen LogP contribution in [0.2, 0.25) is 10.0 Å². The summed E-state index contributed by atoms with van der Waals surface area (Å²) in [5.41, 5.74) is 1.99. The third-order valence-electron chi connectivity index (χ3n) is 6.17. The Balaban J connectivity index is 1.24. The SMILES string of the molecule is O=CNCCCCNC(=O)NCCOCCOCCNS(=O)(=O)c1ccc(O[C@@H]2CCc3c(Cl)cc(Cl)cc32)cc1. The van der Waals surface area contributed by atoms with E-state index < -0.39 is 10.0 Å². The molecule has 3 rings (SSSR count). The summed E-state index contributed by atoms with van der Waals surface area (Å²) in [7, 11) is -3.70. The van der Waals surface area contributed by atoms with Gasteiger partial charge in [-0.05, 0) is 73.2 Å². The average Bonchev–Trinajstić information content (AvgIpc) is 3.34. The molecule has 0 saturated heterocycles. The van der Waals surface area contributed by atoms with Crippen LogP contribution in [0.4, 0.5) is 4.79 Å². The van der Waals surface area contributed by atoms with E-state index in [-0.39, 0.29) is 36.8 Å². The Hall–Kier alpha value is -2.61. The Morgan fingerprint density at radius 3 is 2.34 bits per heavy atom. The molecule has 2 aromatic carbocycles. The Kier molecular flexibility index (Phi) is 13.9. The second kappa shape index (κ2) is 17.4. The molecule has 0 radical (unpaired) electrons. The van der Waals surface area contributed by atoms with Crippen molar-refractivity contribution in [1.82, 2.24) is 20.7 Å². The molecule has 0 unspecified atom stereocenters. The predicted octanol–water partition coefficient (Wildman–Crippen LogP) is 3.20. The second-order valence-electron chi connectivity index (χ2n) is 9.16. The summed E-state index contributed by atoms with van der Waals surface area (Å²) in [6.07, 6.45) is 3.56. The van der Waals surface area contributed by atoms with E-state index in [0.717, 1.165) is 36.8 Å². The molecular formula is C27H36Cl2N4O7S. The molecule has 41 heavy (non-hydrogen) atoms. The molecule has 0 bridgehead atoms. The summed E-state index contributed by atoms with van der Waals surface area (Å²) in [6, 6.07) is 9.55. The van der Waals surface area contributed by atoms with E-state index in [2.05, 4.69) is 20.7 Å². The zero-order valence-electron chi connectivity index (χ0n) is 22.6. The van der Waals surface area contributed by atoms with Gasteiger partial charge in [-0.25, -0.2) is 17.9 Å². The maximum Gasteiger partial charge on any atom is 0.314 e. The van der Waals surface area contributed by atoms with Crippen LogP contribution in [-0.2, 0) is 30.7 Å². The summed E-state index contributed by atoms with van der Waals surface area (Å²) < 4.78 is 44.6. The number of ether oxygens (including phenoxy) is 3. The number of carbonyl (C=O) groups is 2. The van der Waals surface area contributed by atoms with E-state index >= 15 is 0 Å². The van der Waals surface area contributed by atoms with Crippen LogP contribution in [0, 0.1) is 0 Å². The van der Waals surface area contributed by atoms with Gasteiger partial charge in [0, 0.05) is 36.2 Å². The van der Waals surface area contributed by atoms with Crippen molar-refractivity contribution in [2.75, 3.05) is 52.6 Å². The molecule has 0 aliphatic heterocycles. The molecular weight excluding hydrogens is 595 g/mol. The predicted molar refractivity (Wildman–Crippen MR) is 156 cm³/mol. The molecule has 1 atom stereocenters. The fourth-order valence-corrected chi connectivity index (χ4v) is 5.77. The lowest BCUT2D eigenvalue weighted by Crippen LogP contribution is -2.38. The van der Waals surface area contributed by atoms with Crippen molar-refractivity contribution in [2.24, 2.45) is 0 Å². The van der Waals surface area contributed by atoms with E-state index in [4.69, 9.17) is 37.4 Å². The molecule has 0 saturated carbocycles. The smallest absolute Gasteiger partial charge is 0.314 e. The average molecular weight is 632 g/mol. The summed E-state index contributed by atoms with van der Waals surface area (Å²) in [4.78, 5) is 21.9. The van der Waals surface area contributed by atoms with Crippen molar-refractivity contribution in [1.29, 1.82) is 0 Å². The minimum atomic E-state index is -3.70. The van der Waals surface area contributed by atoms with E-state index in [9.17, 15) is 18.0 Å². The van der Waals surface area contributed by atoms with Crippen LogP contribution in [0.15, 0.2) is 41.3 Å². The van der Waals surface area contributed by atoms with E-state index in [1.54, 1.807) is 18.2 Å². The number of urea groups is 1. The highest BCUT2D eigenvalue weighted by molar-refractivity contribution is 7.89. The number of unbranched alkanes of at least 4 members (excludes halogenated alkanes) is 1. The van der Waals surface area contributed by atoms with Crippen LogP contribution in [0.3, 0.4) is 0 Å². The minimum absolute atomic E-state index is 0.105. The fraction of sp³-hybridized carbons (Fsp3) is 0.481. The van der Waals surface area contributed by atoms with Gasteiger partial charge in [-0.2, -0.15) is 0 Å². The normalized spacial score (nSPS) is 14.3. The number of fused-ring (bicyclic) bond motifs is 1. The molecule has 0 fully saturated rings. The number of halogens is 2. The van der Waals surface area contributed by atoms with Gasteiger partial charge in [0.15, 0.2) is 0 Å². The van der Waals surface area contributed by atoms with Gasteiger partial charge < -0.3 is 30.2 Å². The number of hydrogen-bond donors (Lipinski definition) is 4. The first-order valence-electron chi connectivity index (χ1n) is 13.4. The number of sulfonamides is 1. The fourth-order valence-electron chi connectivity index (χ4n) is 4.16. The van der Waals surface area contributed by atoms with Crippen molar-refractivity contribution in [3.05, 3.63) is 57.6 Å². The minimum Gasteiger partial charge on any atom is -0.486 e. The first-order valence-corrected chi connectivity index (χ1v) is 15.6. The molecule has 2 aromatic rings. The lowest BCUT2D eigenvalue weighted by atomic mass is 10.1. The van der Waals surface area contributed by atoms with Gasteiger partial charge in [0.25, 0.3) is 0 Å². The molecule has 14 heteroatoms. The first kappa shape index (κ1) is 32.9. The van der Waals surface area contributed by atoms with Crippen molar-refractivity contribution < 1.29 is 32.2 Å². The van der Waals surface area contributed by atoms with Crippen molar-refractivity contribution in [2.45, 2.75) is 36.7 Å². The Morgan fingerprint density at radius 1 is 0.927 bits per heavy atom. The number of hydrogen-bond acceptors (Lipinski definition) is 7. The van der Waals surface area contributed by atoms with Gasteiger partial charge in [0.05, 0.1) is 31.3 Å². The van der Waals surface area contributed by atoms with Crippen LogP contribution < -0.4 is 25.4 Å². The van der Waals surface area contributed by atoms with E-state index in [0.29, 0.717) is 55.1 Å². The molecule has 0 heterocycles. The third-order valence-corrected chi connectivity index (χ3v) is 8.20. The second-order valence-corrected chi connectivity index (χ2v) is 11.8. The van der Waals surface area contributed by atoms with Crippen molar-refractivity contribution in [3.63, 3.8) is 0 Å². The number of benzene rings is 2. The quantitative estimate of drug-likeness (QED) is 0.138. The highest BCUT2D eigenvalue weighted by atomic mass is 35.5. The highest BCUT2D eigenvalue weighted by Crippen LogP contribution is 2.40. The Bertz CT molecular complexity index is 1230. The number of rotatable bonds is 19. The summed E-state index contributed by atoms with van der Waals surface area (Å²) >= 11 is 12.4.